The number of hydrogen-bond donors (Lipinski definition) is 2. The Hall–Kier alpha value is -0.520. The number of imidazole rings is 1. The minimum Gasteiger partial charge on any atom is -0.343 e. The van der Waals surface area contributed by atoms with Crippen molar-refractivity contribution in [2.75, 3.05) is 25.1 Å². The molecule has 4 nitrogen and oxygen atoms in total. The third-order valence-electron chi connectivity index (χ3n) is 3.17. The van der Waals surface area contributed by atoms with Crippen LogP contribution in [0, 0.1) is 0 Å². The van der Waals surface area contributed by atoms with Gasteiger partial charge in [0.05, 0.1) is 6.04 Å². The van der Waals surface area contributed by atoms with Crippen molar-refractivity contribution in [3.8, 4) is 0 Å². The molecule has 1 atom stereocenters. The number of nitrogens with zero attached hydrogens (tertiary/aromatic N) is 2. The molecular formula is C13H24N4S. The lowest BCUT2D eigenvalue weighted by molar-refractivity contribution is 0.265. The van der Waals surface area contributed by atoms with Crippen molar-refractivity contribution in [2.45, 2.75) is 38.9 Å². The molecule has 0 aliphatic carbocycles. The summed E-state index contributed by atoms with van der Waals surface area (Å²) in [6, 6.07) is 0.437. The number of rotatable bonds is 3. The quantitative estimate of drug-likeness (QED) is 0.880. The van der Waals surface area contributed by atoms with Crippen molar-refractivity contribution in [3.05, 3.63) is 17.7 Å². The highest BCUT2D eigenvalue weighted by molar-refractivity contribution is 7.99. The summed E-state index contributed by atoms with van der Waals surface area (Å²) in [7, 11) is 2.18. The van der Waals surface area contributed by atoms with E-state index in [-0.39, 0.29) is 5.54 Å². The van der Waals surface area contributed by atoms with Gasteiger partial charge >= 0.3 is 0 Å². The molecule has 1 unspecified atom stereocenters. The summed E-state index contributed by atoms with van der Waals surface area (Å²) in [5, 5.41) is 3.48. The Kier molecular flexibility index (Phi) is 4.35. The molecule has 2 heterocycles. The van der Waals surface area contributed by atoms with Gasteiger partial charge in [0, 0.05) is 42.0 Å². The highest BCUT2D eigenvalue weighted by Crippen LogP contribution is 2.26. The lowest BCUT2D eigenvalue weighted by Gasteiger charge is -2.30. The average molecular weight is 268 g/mol. The molecular weight excluding hydrogens is 244 g/mol. The number of thioether (sulfide) groups is 1. The third kappa shape index (κ3) is 3.73. The van der Waals surface area contributed by atoms with E-state index in [0.29, 0.717) is 6.04 Å². The summed E-state index contributed by atoms with van der Waals surface area (Å²) < 4.78 is 0. The molecule has 1 aliphatic rings. The summed E-state index contributed by atoms with van der Waals surface area (Å²) in [5.74, 6) is 3.47. The maximum atomic E-state index is 4.54. The minimum atomic E-state index is 0.142. The van der Waals surface area contributed by atoms with Gasteiger partial charge in [-0.1, -0.05) is 0 Å². The zero-order valence-electron chi connectivity index (χ0n) is 11.8. The number of aromatic nitrogens is 2. The second kappa shape index (κ2) is 5.63. The molecule has 2 rings (SSSR count). The summed E-state index contributed by atoms with van der Waals surface area (Å²) in [4.78, 5) is 10.4. The van der Waals surface area contributed by atoms with Gasteiger partial charge in [-0.2, -0.15) is 11.8 Å². The Balaban J connectivity index is 1.97. The first-order valence-electron chi connectivity index (χ1n) is 6.52. The number of H-pyrrole nitrogens is 1. The van der Waals surface area contributed by atoms with Crippen LogP contribution in [0.1, 0.15) is 38.3 Å². The maximum absolute atomic E-state index is 4.54. The molecule has 0 bridgehead atoms. The van der Waals surface area contributed by atoms with Gasteiger partial charge in [-0.15, -0.1) is 0 Å². The molecule has 5 heteroatoms. The van der Waals surface area contributed by atoms with Crippen LogP contribution in [0.4, 0.5) is 0 Å². The third-order valence-corrected chi connectivity index (χ3v) is 4.19. The first-order valence-corrected chi connectivity index (χ1v) is 7.68. The normalized spacial score (nSPS) is 22.3. The second-order valence-corrected chi connectivity index (χ2v) is 7.12. The average Bonchev–Trinajstić information content (AvgIpc) is 2.75. The summed E-state index contributed by atoms with van der Waals surface area (Å²) >= 11 is 2.01. The van der Waals surface area contributed by atoms with Crippen molar-refractivity contribution >= 4 is 11.8 Å². The molecule has 102 valence electrons. The fraction of sp³-hybridized carbons (Fsp3) is 0.769. The van der Waals surface area contributed by atoms with Crippen molar-refractivity contribution in [1.29, 1.82) is 0 Å². The van der Waals surface area contributed by atoms with Crippen LogP contribution in [-0.2, 0) is 6.54 Å². The molecule has 1 aromatic heterocycles. The van der Waals surface area contributed by atoms with Crippen molar-refractivity contribution in [1.82, 2.24) is 20.2 Å². The van der Waals surface area contributed by atoms with Crippen molar-refractivity contribution in [2.24, 2.45) is 0 Å². The fourth-order valence-corrected chi connectivity index (χ4v) is 3.19. The molecule has 18 heavy (non-hydrogen) atoms. The highest BCUT2D eigenvalue weighted by atomic mass is 32.2. The lowest BCUT2D eigenvalue weighted by atomic mass is 10.1. The summed E-state index contributed by atoms with van der Waals surface area (Å²) in [6.45, 7) is 8.52. The number of hydrogen-bond acceptors (Lipinski definition) is 4. The Morgan fingerprint density at radius 3 is 3.00 bits per heavy atom. The predicted octanol–water partition coefficient (Wildman–Crippen LogP) is 2.02. The van der Waals surface area contributed by atoms with E-state index in [1.807, 2.05) is 18.0 Å². The Morgan fingerprint density at radius 2 is 2.33 bits per heavy atom. The predicted molar refractivity (Wildman–Crippen MR) is 77.9 cm³/mol. The van der Waals surface area contributed by atoms with Crippen LogP contribution in [0.25, 0.3) is 0 Å². The first-order chi connectivity index (χ1) is 8.46. The summed E-state index contributed by atoms with van der Waals surface area (Å²) in [5.41, 5.74) is 1.31. The SMILES string of the molecule is CN1CCSCC1c1ncc(CNC(C)(C)C)[nH]1. The number of aromatic amines is 1. The van der Waals surface area contributed by atoms with Crippen molar-refractivity contribution in [3.63, 3.8) is 0 Å². The molecule has 2 N–H and O–H groups in total. The van der Waals surface area contributed by atoms with E-state index in [1.165, 1.54) is 11.4 Å². The molecule has 0 radical (unpaired) electrons. The molecule has 0 aromatic carbocycles. The molecule has 0 spiro atoms. The second-order valence-electron chi connectivity index (χ2n) is 5.97. The van der Waals surface area contributed by atoms with Crippen LogP contribution < -0.4 is 5.32 Å². The van der Waals surface area contributed by atoms with Crippen LogP contribution in [0.15, 0.2) is 6.20 Å². The standard InChI is InChI=1S/C13H24N4S/c1-13(2,3)15-8-10-7-14-12(16-10)11-9-18-6-5-17(11)4/h7,11,15H,5-6,8-9H2,1-4H3,(H,14,16). The molecule has 0 amide bonds. The van der Waals surface area contributed by atoms with Crippen LogP contribution in [-0.4, -0.2) is 45.5 Å². The first kappa shape index (κ1) is 13.9. The van der Waals surface area contributed by atoms with Crippen molar-refractivity contribution < 1.29 is 0 Å². The largest absolute Gasteiger partial charge is 0.343 e. The van der Waals surface area contributed by atoms with Crippen LogP contribution in [0.5, 0.6) is 0 Å². The molecule has 1 saturated heterocycles. The van der Waals surface area contributed by atoms with Gasteiger partial charge in [0.15, 0.2) is 0 Å². The highest BCUT2D eigenvalue weighted by Gasteiger charge is 2.23. The maximum Gasteiger partial charge on any atom is 0.124 e. The smallest absolute Gasteiger partial charge is 0.124 e. The van der Waals surface area contributed by atoms with Gasteiger partial charge < -0.3 is 10.3 Å². The minimum absolute atomic E-state index is 0.142. The number of nitrogens with one attached hydrogen (secondary N) is 2. The zero-order chi connectivity index (χ0) is 13.2. The van der Waals surface area contributed by atoms with Crippen LogP contribution in [0.3, 0.4) is 0 Å². The van der Waals surface area contributed by atoms with Gasteiger partial charge in [0.2, 0.25) is 0 Å². The van der Waals surface area contributed by atoms with E-state index in [4.69, 9.17) is 0 Å². The Labute approximate surface area is 114 Å². The lowest BCUT2D eigenvalue weighted by Crippen LogP contribution is -2.35. The Morgan fingerprint density at radius 1 is 1.56 bits per heavy atom. The van der Waals surface area contributed by atoms with Gasteiger partial charge in [0.25, 0.3) is 0 Å². The van der Waals surface area contributed by atoms with Gasteiger partial charge in [0.1, 0.15) is 5.82 Å². The summed E-state index contributed by atoms with van der Waals surface area (Å²) in [6.07, 6.45) is 1.96. The van der Waals surface area contributed by atoms with E-state index in [9.17, 15) is 0 Å². The van der Waals surface area contributed by atoms with E-state index >= 15 is 0 Å². The fourth-order valence-electron chi connectivity index (χ4n) is 1.97. The van der Waals surface area contributed by atoms with Crippen LogP contribution in [0.2, 0.25) is 0 Å². The van der Waals surface area contributed by atoms with E-state index in [0.717, 1.165) is 24.7 Å². The zero-order valence-corrected chi connectivity index (χ0v) is 12.6. The van der Waals surface area contributed by atoms with E-state index in [1.54, 1.807) is 0 Å². The van der Waals surface area contributed by atoms with Gasteiger partial charge in [-0.25, -0.2) is 4.98 Å². The van der Waals surface area contributed by atoms with Crippen LogP contribution >= 0.6 is 11.8 Å². The Bertz CT molecular complexity index is 383. The molecule has 1 aromatic rings. The van der Waals surface area contributed by atoms with E-state index < -0.39 is 0 Å². The monoisotopic (exact) mass is 268 g/mol. The molecule has 1 fully saturated rings. The van der Waals surface area contributed by atoms with E-state index in [2.05, 4.69) is 48.0 Å². The van der Waals surface area contributed by atoms with Gasteiger partial charge in [-0.05, 0) is 27.8 Å². The topological polar surface area (TPSA) is 44.0 Å². The molecule has 1 aliphatic heterocycles. The molecule has 0 saturated carbocycles. The van der Waals surface area contributed by atoms with Gasteiger partial charge in [-0.3, -0.25) is 4.90 Å².